The molecule has 1 atom stereocenters. The zero-order chi connectivity index (χ0) is 13.7. The van der Waals surface area contributed by atoms with Gasteiger partial charge in [-0.25, -0.2) is 4.98 Å². The molecule has 3 N–H and O–H groups in total. The van der Waals surface area contributed by atoms with Gasteiger partial charge in [0.2, 0.25) is 5.91 Å². The third-order valence-corrected chi connectivity index (χ3v) is 2.69. The second kappa shape index (κ2) is 5.87. The summed E-state index contributed by atoms with van der Waals surface area (Å²) in [6, 6.07) is 3.57. The van der Waals surface area contributed by atoms with E-state index in [0.717, 1.165) is 0 Å². The lowest BCUT2D eigenvalue weighted by Gasteiger charge is -2.23. The van der Waals surface area contributed by atoms with Gasteiger partial charge in [0.05, 0.1) is 17.2 Å². The van der Waals surface area contributed by atoms with Crippen molar-refractivity contribution in [2.45, 2.75) is 6.92 Å². The van der Waals surface area contributed by atoms with Crippen LogP contribution in [0.3, 0.4) is 0 Å². The van der Waals surface area contributed by atoms with Gasteiger partial charge in [-0.1, -0.05) is 6.92 Å². The van der Waals surface area contributed by atoms with Crippen molar-refractivity contribution in [3.63, 3.8) is 0 Å². The molecule has 0 aliphatic carbocycles. The zero-order valence-electron chi connectivity index (χ0n) is 10.8. The fraction of sp³-hybridized carbons (Fsp3) is 0.417. The Bertz CT molecular complexity index is 480. The molecule has 0 aliphatic heterocycles. The number of carbonyl (C=O) groups is 1. The molecular formula is C12H17N5O. The number of hydrogen-bond acceptors (Lipinski definition) is 5. The zero-order valence-corrected chi connectivity index (χ0v) is 10.8. The first kappa shape index (κ1) is 13.8. The Labute approximate surface area is 106 Å². The van der Waals surface area contributed by atoms with Gasteiger partial charge in [0.1, 0.15) is 6.07 Å². The van der Waals surface area contributed by atoms with Crippen LogP contribution in [0.4, 0.5) is 11.5 Å². The summed E-state index contributed by atoms with van der Waals surface area (Å²) in [6.45, 7) is 2.30. The predicted octanol–water partition coefficient (Wildman–Crippen LogP) is 0.354. The molecule has 1 aromatic heterocycles. The van der Waals surface area contributed by atoms with Gasteiger partial charge >= 0.3 is 0 Å². The predicted molar refractivity (Wildman–Crippen MR) is 69.9 cm³/mol. The Balaban J connectivity index is 2.89. The maximum Gasteiger partial charge on any atom is 0.224 e. The lowest BCUT2D eigenvalue weighted by atomic mass is 10.1. The van der Waals surface area contributed by atoms with Gasteiger partial charge in [-0.05, 0) is 6.07 Å². The summed E-state index contributed by atoms with van der Waals surface area (Å²) in [4.78, 5) is 17.4. The number of pyridine rings is 1. The minimum atomic E-state index is -0.188. The highest BCUT2D eigenvalue weighted by Gasteiger charge is 2.17. The van der Waals surface area contributed by atoms with Crippen LogP contribution in [0, 0.1) is 17.2 Å². The average Bonchev–Trinajstić information content (AvgIpc) is 2.37. The number of anilines is 2. The Morgan fingerprint density at radius 3 is 2.94 bits per heavy atom. The van der Waals surface area contributed by atoms with Crippen LogP contribution < -0.4 is 16.0 Å². The number of nitrogens with two attached hydrogens (primary N) is 1. The van der Waals surface area contributed by atoms with Crippen molar-refractivity contribution >= 4 is 17.4 Å². The molecule has 1 aromatic rings. The monoisotopic (exact) mass is 247 g/mol. The van der Waals surface area contributed by atoms with Gasteiger partial charge < -0.3 is 16.0 Å². The number of amides is 1. The van der Waals surface area contributed by atoms with Crippen molar-refractivity contribution in [1.82, 2.24) is 10.3 Å². The highest BCUT2D eigenvalue weighted by molar-refractivity contribution is 5.79. The average molecular weight is 247 g/mol. The van der Waals surface area contributed by atoms with Crippen molar-refractivity contribution in [3.8, 4) is 6.07 Å². The molecule has 0 aliphatic rings. The summed E-state index contributed by atoms with van der Waals surface area (Å²) >= 11 is 0. The van der Waals surface area contributed by atoms with Gasteiger partial charge in [0.15, 0.2) is 5.82 Å². The molecule has 6 heteroatoms. The molecule has 1 rings (SSSR count). The van der Waals surface area contributed by atoms with Crippen LogP contribution in [0.2, 0.25) is 0 Å². The molecule has 96 valence electrons. The quantitative estimate of drug-likeness (QED) is 0.800. The molecule has 0 fully saturated rings. The van der Waals surface area contributed by atoms with Crippen LogP contribution in [-0.4, -0.2) is 31.5 Å². The van der Waals surface area contributed by atoms with E-state index in [0.29, 0.717) is 23.6 Å². The van der Waals surface area contributed by atoms with E-state index >= 15 is 0 Å². The molecule has 0 saturated carbocycles. The molecule has 1 heterocycles. The smallest absolute Gasteiger partial charge is 0.224 e. The van der Waals surface area contributed by atoms with E-state index in [1.165, 1.54) is 6.20 Å². The number of rotatable bonds is 4. The minimum absolute atomic E-state index is 0.0446. The third kappa shape index (κ3) is 2.88. The van der Waals surface area contributed by atoms with Crippen LogP contribution >= 0.6 is 0 Å². The highest BCUT2D eigenvalue weighted by Crippen LogP contribution is 2.22. The summed E-state index contributed by atoms with van der Waals surface area (Å²) in [5.41, 5.74) is 6.58. The van der Waals surface area contributed by atoms with Crippen LogP contribution in [0.25, 0.3) is 0 Å². The molecule has 1 amide bonds. The second-order valence-corrected chi connectivity index (χ2v) is 4.10. The van der Waals surface area contributed by atoms with E-state index in [2.05, 4.69) is 10.3 Å². The molecule has 6 nitrogen and oxygen atoms in total. The fourth-order valence-electron chi connectivity index (χ4n) is 1.69. The number of carbonyl (C=O) groups excluding carboxylic acids is 1. The lowest BCUT2D eigenvalue weighted by Crippen LogP contribution is -2.35. The maximum absolute atomic E-state index is 11.4. The Kier molecular flexibility index (Phi) is 4.49. The Morgan fingerprint density at radius 2 is 2.39 bits per heavy atom. The number of nitriles is 1. The van der Waals surface area contributed by atoms with Crippen molar-refractivity contribution in [1.29, 1.82) is 5.26 Å². The van der Waals surface area contributed by atoms with Crippen LogP contribution in [0.5, 0.6) is 0 Å². The molecule has 18 heavy (non-hydrogen) atoms. The first-order chi connectivity index (χ1) is 8.51. The first-order valence-corrected chi connectivity index (χ1v) is 5.58. The van der Waals surface area contributed by atoms with Crippen molar-refractivity contribution in [2.24, 2.45) is 5.92 Å². The van der Waals surface area contributed by atoms with E-state index in [9.17, 15) is 4.79 Å². The molecule has 0 bridgehead atoms. The number of aromatic nitrogens is 1. The topological polar surface area (TPSA) is 95.0 Å². The molecule has 0 radical (unpaired) electrons. The summed E-state index contributed by atoms with van der Waals surface area (Å²) in [7, 11) is 3.39. The minimum Gasteiger partial charge on any atom is -0.395 e. The number of nitrogens with zero attached hydrogens (tertiary/aromatic N) is 3. The van der Waals surface area contributed by atoms with Crippen molar-refractivity contribution in [2.75, 3.05) is 31.3 Å². The van der Waals surface area contributed by atoms with Crippen LogP contribution in [0.15, 0.2) is 12.3 Å². The standard InChI is InChI=1S/C12H17N5O/c1-8(12(18)15-2)7-17(3)11-10(14)9(6-13)4-5-16-11/h4-5,8H,7,14H2,1-3H3,(H,15,18). The third-order valence-electron chi connectivity index (χ3n) is 2.69. The summed E-state index contributed by atoms with van der Waals surface area (Å²) in [5.74, 6) is 0.286. The molecule has 0 aromatic carbocycles. The van der Waals surface area contributed by atoms with Crippen LogP contribution in [-0.2, 0) is 4.79 Å². The number of hydrogen-bond donors (Lipinski definition) is 2. The lowest BCUT2D eigenvalue weighted by molar-refractivity contribution is -0.123. The normalized spacial score (nSPS) is 11.4. The molecule has 0 saturated heterocycles. The van der Waals surface area contributed by atoms with E-state index < -0.39 is 0 Å². The van der Waals surface area contributed by atoms with Crippen molar-refractivity contribution in [3.05, 3.63) is 17.8 Å². The highest BCUT2D eigenvalue weighted by atomic mass is 16.1. The summed E-state index contributed by atoms with van der Waals surface area (Å²) in [6.07, 6.45) is 1.53. The molecular weight excluding hydrogens is 230 g/mol. The van der Waals surface area contributed by atoms with Crippen molar-refractivity contribution < 1.29 is 4.79 Å². The van der Waals surface area contributed by atoms with Gasteiger partial charge in [-0.2, -0.15) is 5.26 Å². The largest absolute Gasteiger partial charge is 0.395 e. The van der Waals surface area contributed by atoms with E-state index in [4.69, 9.17) is 11.0 Å². The maximum atomic E-state index is 11.4. The number of nitrogen functional groups attached to an aromatic ring is 1. The van der Waals surface area contributed by atoms with E-state index in [-0.39, 0.29) is 11.8 Å². The Morgan fingerprint density at radius 1 is 1.72 bits per heavy atom. The van der Waals surface area contributed by atoms with E-state index in [1.807, 2.05) is 13.0 Å². The summed E-state index contributed by atoms with van der Waals surface area (Å²) < 4.78 is 0. The number of nitrogens with one attached hydrogen (secondary N) is 1. The van der Waals surface area contributed by atoms with E-state index in [1.54, 1.807) is 25.1 Å². The second-order valence-electron chi connectivity index (χ2n) is 4.10. The molecule has 1 unspecified atom stereocenters. The SMILES string of the molecule is CNC(=O)C(C)CN(C)c1nccc(C#N)c1N. The van der Waals surface area contributed by atoms with Crippen LogP contribution in [0.1, 0.15) is 12.5 Å². The molecule has 0 spiro atoms. The van der Waals surface area contributed by atoms with Gasteiger partial charge in [0.25, 0.3) is 0 Å². The van der Waals surface area contributed by atoms with Gasteiger partial charge in [-0.15, -0.1) is 0 Å². The fourth-order valence-corrected chi connectivity index (χ4v) is 1.69. The first-order valence-electron chi connectivity index (χ1n) is 5.58. The summed E-state index contributed by atoms with van der Waals surface area (Å²) in [5, 5.41) is 11.5. The van der Waals surface area contributed by atoms with Gasteiger partial charge in [0, 0.05) is 26.8 Å². The Hall–Kier alpha value is -2.29. The van der Waals surface area contributed by atoms with Gasteiger partial charge in [-0.3, -0.25) is 4.79 Å².